The van der Waals surface area contributed by atoms with E-state index < -0.39 is 0 Å². The lowest BCUT2D eigenvalue weighted by Crippen LogP contribution is -2.23. The fourth-order valence-electron chi connectivity index (χ4n) is 4.66. The van der Waals surface area contributed by atoms with Gasteiger partial charge >= 0.3 is 0 Å². The molecule has 0 aliphatic heterocycles. The lowest BCUT2D eigenvalue weighted by molar-refractivity contribution is 0.478. The summed E-state index contributed by atoms with van der Waals surface area (Å²) in [6.07, 6.45) is 4.85. The molecule has 4 aromatic rings. The fourth-order valence-corrected chi connectivity index (χ4v) is 4.66. The zero-order valence-corrected chi connectivity index (χ0v) is 17.5. The summed E-state index contributed by atoms with van der Waals surface area (Å²) in [5, 5.41) is 0. The highest BCUT2D eigenvalue weighted by Crippen LogP contribution is 2.47. The van der Waals surface area contributed by atoms with Gasteiger partial charge in [0.15, 0.2) is 0 Å². The molecule has 0 spiro atoms. The summed E-state index contributed by atoms with van der Waals surface area (Å²) in [7, 11) is 0. The second-order valence-corrected chi connectivity index (χ2v) is 8.17. The highest BCUT2D eigenvalue weighted by atomic mass is 16.5. The van der Waals surface area contributed by atoms with Crippen LogP contribution in [0.15, 0.2) is 109 Å². The molecular weight excluding hydrogens is 380 g/mol. The number of hydrogen-bond acceptors (Lipinski definition) is 2. The normalized spacial score (nSPS) is 14.8. The molecule has 0 unspecified atom stereocenters. The first-order chi connectivity index (χ1) is 15.3. The van der Waals surface area contributed by atoms with Crippen LogP contribution in [0.4, 0.5) is 0 Å². The third-order valence-corrected chi connectivity index (χ3v) is 6.23. The molecule has 0 bridgehead atoms. The molecule has 0 heterocycles. The quantitative estimate of drug-likeness (QED) is 0.322. The van der Waals surface area contributed by atoms with E-state index in [9.17, 15) is 0 Å². The van der Waals surface area contributed by atoms with Crippen molar-refractivity contribution in [2.45, 2.75) is 31.1 Å². The largest absolute Gasteiger partial charge is 0.457 e. The molecule has 1 aliphatic rings. The molecule has 4 aromatic carbocycles. The SMILES string of the molecule is c1ccc(Oc2ccc(C3(c4ccc(Oc5ccccc5)cc4)CCCC3)cc2)cc1. The Bertz CT molecular complexity index is 1010. The van der Waals surface area contributed by atoms with Crippen molar-refractivity contribution in [3.8, 4) is 23.0 Å². The van der Waals surface area contributed by atoms with E-state index in [0.717, 1.165) is 23.0 Å². The maximum absolute atomic E-state index is 5.99. The third-order valence-electron chi connectivity index (χ3n) is 6.23. The monoisotopic (exact) mass is 406 g/mol. The Hall–Kier alpha value is -3.52. The van der Waals surface area contributed by atoms with Crippen LogP contribution in [-0.4, -0.2) is 0 Å². The van der Waals surface area contributed by atoms with Gasteiger partial charge in [-0.1, -0.05) is 73.5 Å². The molecule has 0 amide bonds. The van der Waals surface area contributed by atoms with E-state index in [1.165, 1.54) is 36.8 Å². The predicted molar refractivity (Wildman–Crippen MR) is 125 cm³/mol. The predicted octanol–water partition coefficient (Wildman–Crippen LogP) is 8.13. The number of benzene rings is 4. The average Bonchev–Trinajstić information content (AvgIpc) is 3.33. The van der Waals surface area contributed by atoms with Gasteiger partial charge in [-0.2, -0.15) is 0 Å². The molecule has 1 aliphatic carbocycles. The maximum atomic E-state index is 5.99. The summed E-state index contributed by atoms with van der Waals surface area (Å²) in [5.74, 6) is 3.46. The number of para-hydroxylation sites is 2. The van der Waals surface area contributed by atoms with Gasteiger partial charge in [0.25, 0.3) is 0 Å². The topological polar surface area (TPSA) is 18.5 Å². The molecule has 0 saturated heterocycles. The van der Waals surface area contributed by atoms with E-state index in [2.05, 4.69) is 48.5 Å². The number of hydrogen-bond donors (Lipinski definition) is 0. The Morgan fingerprint density at radius 1 is 0.419 bits per heavy atom. The zero-order valence-electron chi connectivity index (χ0n) is 17.5. The molecule has 0 atom stereocenters. The molecule has 2 heteroatoms. The first-order valence-corrected chi connectivity index (χ1v) is 11.0. The van der Waals surface area contributed by atoms with Crippen molar-refractivity contribution < 1.29 is 9.47 Å². The summed E-state index contributed by atoms with van der Waals surface area (Å²) in [6.45, 7) is 0. The van der Waals surface area contributed by atoms with Crippen LogP contribution in [0, 0.1) is 0 Å². The zero-order chi connectivity index (χ0) is 20.9. The van der Waals surface area contributed by atoms with Gasteiger partial charge in [-0.25, -0.2) is 0 Å². The van der Waals surface area contributed by atoms with E-state index in [1.807, 2.05) is 60.7 Å². The van der Waals surface area contributed by atoms with Crippen molar-refractivity contribution in [1.29, 1.82) is 0 Å². The third kappa shape index (κ3) is 4.20. The minimum absolute atomic E-state index is 0.0660. The van der Waals surface area contributed by atoms with Gasteiger partial charge in [-0.05, 0) is 72.5 Å². The molecule has 0 radical (unpaired) electrons. The van der Waals surface area contributed by atoms with Crippen LogP contribution in [0.1, 0.15) is 36.8 Å². The van der Waals surface area contributed by atoms with Crippen LogP contribution in [0.2, 0.25) is 0 Å². The smallest absolute Gasteiger partial charge is 0.127 e. The van der Waals surface area contributed by atoms with Gasteiger partial charge in [0.05, 0.1) is 0 Å². The molecule has 5 rings (SSSR count). The first-order valence-electron chi connectivity index (χ1n) is 11.0. The highest BCUT2D eigenvalue weighted by Gasteiger charge is 2.37. The summed E-state index contributed by atoms with van der Waals surface area (Å²) in [5.41, 5.74) is 2.79. The summed E-state index contributed by atoms with van der Waals surface area (Å²) in [6, 6.07) is 37.2. The van der Waals surface area contributed by atoms with E-state index in [4.69, 9.17) is 9.47 Å². The Morgan fingerprint density at radius 3 is 1.16 bits per heavy atom. The lowest BCUT2D eigenvalue weighted by Gasteiger charge is -2.31. The summed E-state index contributed by atoms with van der Waals surface area (Å²) in [4.78, 5) is 0. The van der Waals surface area contributed by atoms with Gasteiger partial charge in [0, 0.05) is 5.41 Å². The van der Waals surface area contributed by atoms with Crippen molar-refractivity contribution in [1.82, 2.24) is 0 Å². The second-order valence-electron chi connectivity index (χ2n) is 8.17. The molecular formula is C29H26O2. The van der Waals surface area contributed by atoms with E-state index in [-0.39, 0.29) is 5.41 Å². The van der Waals surface area contributed by atoms with Gasteiger partial charge in [-0.3, -0.25) is 0 Å². The van der Waals surface area contributed by atoms with Crippen LogP contribution in [0.5, 0.6) is 23.0 Å². The highest BCUT2D eigenvalue weighted by molar-refractivity contribution is 5.45. The minimum Gasteiger partial charge on any atom is -0.457 e. The summed E-state index contributed by atoms with van der Waals surface area (Å²) >= 11 is 0. The van der Waals surface area contributed by atoms with Crippen LogP contribution >= 0.6 is 0 Å². The molecule has 154 valence electrons. The molecule has 1 saturated carbocycles. The number of ether oxygens (including phenoxy) is 2. The van der Waals surface area contributed by atoms with Gasteiger partial charge < -0.3 is 9.47 Å². The Balaban J connectivity index is 1.38. The molecule has 2 nitrogen and oxygen atoms in total. The van der Waals surface area contributed by atoms with Gasteiger partial charge in [0.2, 0.25) is 0 Å². The van der Waals surface area contributed by atoms with E-state index >= 15 is 0 Å². The molecule has 31 heavy (non-hydrogen) atoms. The molecule has 0 N–H and O–H groups in total. The Labute approximate surface area is 184 Å². The maximum Gasteiger partial charge on any atom is 0.127 e. The standard InChI is InChI=1S/C29H26O2/c1-3-9-25(10-4-1)30-27-17-13-23(14-18-27)29(21-7-8-22-29)24-15-19-28(20-16-24)31-26-11-5-2-6-12-26/h1-6,9-20H,7-8,21-22H2. The second kappa shape index (κ2) is 8.69. The fraction of sp³-hybridized carbons (Fsp3) is 0.172. The van der Waals surface area contributed by atoms with Crippen LogP contribution in [0.25, 0.3) is 0 Å². The van der Waals surface area contributed by atoms with Gasteiger partial charge in [0.1, 0.15) is 23.0 Å². The Morgan fingerprint density at radius 2 is 0.774 bits per heavy atom. The van der Waals surface area contributed by atoms with Crippen LogP contribution in [0.3, 0.4) is 0 Å². The first kappa shape index (κ1) is 19.4. The molecule has 1 fully saturated rings. The minimum atomic E-state index is 0.0660. The lowest BCUT2D eigenvalue weighted by atomic mass is 9.73. The molecule has 0 aromatic heterocycles. The van der Waals surface area contributed by atoms with Gasteiger partial charge in [-0.15, -0.1) is 0 Å². The van der Waals surface area contributed by atoms with Crippen molar-refractivity contribution in [2.75, 3.05) is 0 Å². The average molecular weight is 407 g/mol. The van der Waals surface area contributed by atoms with E-state index in [0.29, 0.717) is 0 Å². The van der Waals surface area contributed by atoms with E-state index in [1.54, 1.807) is 0 Å². The number of rotatable bonds is 6. The Kier molecular flexibility index (Phi) is 5.45. The van der Waals surface area contributed by atoms with Crippen LogP contribution < -0.4 is 9.47 Å². The van der Waals surface area contributed by atoms with Crippen LogP contribution in [-0.2, 0) is 5.41 Å². The van der Waals surface area contributed by atoms with Crippen molar-refractivity contribution in [3.05, 3.63) is 120 Å². The van der Waals surface area contributed by atoms with Crippen molar-refractivity contribution >= 4 is 0 Å². The van der Waals surface area contributed by atoms with Crippen molar-refractivity contribution in [3.63, 3.8) is 0 Å². The van der Waals surface area contributed by atoms with Crippen molar-refractivity contribution in [2.24, 2.45) is 0 Å². The summed E-state index contributed by atoms with van der Waals surface area (Å²) < 4.78 is 12.0.